The monoisotopic (exact) mass is 269 g/mol. The molecule has 0 fully saturated rings. The number of rotatable bonds is 4. The molecule has 0 unspecified atom stereocenters. The molecule has 2 aromatic rings. The first-order valence-electron chi connectivity index (χ1n) is 5.86. The van der Waals surface area contributed by atoms with Crippen LogP contribution < -0.4 is 5.32 Å². The lowest BCUT2D eigenvalue weighted by molar-refractivity contribution is -0.137. The van der Waals surface area contributed by atoms with Gasteiger partial charge in [0, 0.05) is 6.54 Å². The van der Waals surface area contributed by atoms with E-state index >= 15 is 0 Å². The van der Waals surface area contributed by atoms with Crippen molar-refractivity contribution in [2.75, 3.05) is 0 Å². The predicted octanol–water partition coefficient (Wildman–Crippen LogP) is 3.90. The molecule has 0 spiro atoms. The fourth-order valence-electron chi connectivity index (χ4n) is 1.76. The van der Waals surface area contributed by atoms with Gasteiger partial charge in [-0.25, -0.2) is 0 Å². The number of hydrogen-bond donors (Lipinski definition) is 1. The minimum absolute atomic E-state index is 0.365. The third-order valence-corrected chi connectivity index (χ3v) is 2.84. The molecule has 2 rings (SSSR count). The third-order valence-electron chi connectivity index (χ3n) is 2.84. The number of benzene rings is 1. The van der Waals surface area contributed by atoms with Crippen molar-refractivity contribution in [2.45, 2.75) is 26.2 Å². The summed E-state index contributed by atoms with van der Waals surface area (Å²) in [6, 6.07) is 7.15. The second-order valence-corrected chi connectivity index (χ2v) is 4.33. The molecule has 19 heavy (non-hydrogen) atoms. The number of halogens is 3. The van der Waals surface area contributed by atoms with Gasteiger partial charge >= 0.3 is 6.18 Å². The van der Waals surface area contributed by atoms with Crippen LogP contribution in [0.5, 0.6) is 0 Å². The van der Waals surface area contributed by atoms with Crippen molar-refractivity contribution >= 4 is 0 Å². The lowest BCUT2D eigenvalue weighted by Gasteiger charge is -2.09. The Labute approximate surface area is 109 Å². The van der Waals surface area contributed by atoms with Crippen molar-refractivity contribution in [3.05, 3.63) is 59.0 Å². The second kappa shape index (κ2) is 5.48. The van der Waals surface area contributed by atoms with E-state index in [0.29, 0.717) is 18.7 Å². The molecule has 1 aromatic heterocycles. The molecule has 0 amide bonds. The summed E-state index contributed by atoms with van der Waals surface area (Å²) in [6.45, 7) is 2.78. The van der Waals surface area contributed by atoms with Gasteiger partial charge in [-0.05, 0) is 30.2 Å². The van der Waals surface area contributed by atoms with Crippen molar-refractivity contribution < 1.29 is 17.6 Å². The Morgan fingerprint density at radius 2 is 1.95 bits per heavy atom. The third kappa shape index (κ3) is 3.61. The highest BCUT2D eigenvalue weighted by Gasteiger charge is 2.30. The first kappa shape index (κ1) is 13.7. The van der Waals surface area contributed by atoms with E-state index in [0.717, 1.165) is 23.5 Å². The van der Waals surface area contributed by atoms with Gasteiger partial charge < -0.3 is 9.73 Å². The zero-order chi connectivity index (χ0) is 13.9. The second-order valence-electron chi connectivity index (χ2n) is 4.33. The van der Waals surface area contributed by atoms with Gasteiger partial charge in [0.1, 0.15) is 5.76 Å². The first-order valence-corrected chi connectivity index (χ1v) is 5.86. The van der Waals surface area contributed by atoms with Gasteiger partial charge in [0.25, 0.3) is 0 Å². The van der Waals surface area contributed by atoms with E-state index in [1.165, 1.54) is 6.07 Å². The molecule has 1 N–H and O–H groups in total. The molecule has 0 saturated carbocycles. The van der Waals surface area contributed by atoms with Crippen LogP contribution in [0.4, 0.5) is 13.2 Å². The molecule has 0 bridgehead atoms. The van der Waals surface area contributed by atoms with E-state index in [9.17, 15) is 13.2 Å². The Balaban J connectivity index is 1.95. The molecule has 0 aliphatic rings. The largest absolute Gasteiger partial charge is 0.468 e. The molecule has 0 aliphatic heterocycles. The highest BCUT2D eigenvalue weighted by atomic mass is 19.4. The van der Waals surface area contributed by atoms with Gasteiger partial charge in [-0.1, -0.05) is 18.2 Å². The van der Waals surface area contributed by atoms with Crippen LogP contribution in [-0.4, -0.2) is 0 Å². The van der Waals surface area contributed by atoms with E-state index in [2.05, 4.69) is 5.32 Å². The standard InChI is InChI=1S/C14H14F3NO/c1-10-5-6-19-13(10)9-18-8-11-3-2-4-12(7-11)14(15,16)17/h2-7,18H,8-9H2,1H3. The Kier molecular flexibility index (Phi) is 3.95. The minimum Gasteiger partial charge on any atom is -0.468 e. The van der Waals surface area contributed by atoms with Crippen molar-refractivity contribution in [3.63, 3.8) is 0 Å². The van der Waals surface area contributed by atoms with Gasteiger partial charge in [0.15, 0.2) is 0 Å². The summed E-state index contributed by atoms with van der Waals surface area (Å²) >= 11 is 0. The molecule has 102 valence electrons. The van der Waals surface area contributed by atoms with E-state index in [1.54, 1.807) is 12.3 Å². The van der Waals surface area contributed by atoms with E-state index in [-0.39, 0.29) is 0 Å². The smallest absolute Gasteiger partial charge is 0.416 e. The maximum atomic E-state index is 12.5. The average Bonchev–Trinajstić information content (AvgIpc) is 2.75. The lowest BCUT2D eigenvalue weighted by atomic mass is 10.1. The van der Waals surface area contributed by atoms with E-state index in [1.807, 2.05) is 13.0 Å². The quantitative estimate of drug-likeness (QED) is 0.910. The maximum Gasteiger partial charge on any atom is 0.416 e. The summed E-state index contributed by atoms with van der Waals surface area (Å²) in [4.78, 5) is 0. The van der Waals surface area contributed by atoms with Crippen LogP contribution in [0.3, 0.4) is 0 Å². The Morgan fingerprint density at radius 3 is 2.58 bits per heavy atom. The van der Waals surface area contributed by atoms with Gasteiger partial charge in [-0.3, -0.25) is 0 Å². The molecule has 0 aliphatic carbocycles. The molecular formula is C14H14F3NO. The average molecular weight is 269 g/mol. The summed E-state index contributed by atoms with van der Waals surface area (Å²) < 4.78 is 42.8. The van der Waals surface area contributed by atoms with E-state index in [4.69, 9.17) is 4.42 Å². The molecule has 1 heterocycles. The summed E-state index contributed by atoms with van der Waals surface area (Å²) in [5, 5.41) is 3.06. The van der Waals surface area contributed by atoms with Gasteiger partial charge in [-0.15, -0.1) is 0 Å². The van der Waals surface area contributed by atoms with Gasteiger partial charge in [-0.2, -0.15) is 13.2 Å². The molecule has 0 saturated heterocycles. The Hall–Kier alpha value is -1.75. The lowest BCUT2D eigenvalue weighted by Crippen LogP contribution is -2.14. The minimum atomic E-state index is -4.30. The number of alkyl halides is 3. The SMILES string of the molecule is Cc1ccoc1CNCc1cccc(C(F)(F)F)c1. The van der Waals surface area contributed by atoms with Crippen LogP contribution in [-0.2, 0) is 19.3 Å². The van der Waals surface area contributed by atoms with Crippen LogP contribution in [0, 0.1) is 6.92 Å². The normalized spacial score (nSPS) is 11.8. The maximum absolute atomic E-state index is 12.5. The molecular weight excluding hydrogens is 255 g/mol. The first-order chi connectivity index (χ1) is 8.97. The van der Waals surface area contributed by atoms with Crippen LogP contribution in [0.25, 0.3) is 0 Å². The van der Waals surface area contributed by atoms with Crippen molar-refractivity contribution in [1.29, 1.82) is 0 Å². The Bertz CT molecular complexity index is 546. The highest BCUT2D eigenvalue weighted by Crippen LogP contribution is 2.29. The summed E-state index contributed by atoms with van der Waals surface area (Å²) in [6.07, 6.45) is -2.70. The number of nitrogens with one attached hydrogen (secondary N) is 1. The number of furan rings is 1. The molecule has 5 heteroatoms. The number of hydrogen-bond acceptors (Lipinski definition) is 2. The summed E-state index contributed by atoms with van der Waals surface area (Å²) in [7, 11) is 0. The van der Waals surface area contributed by atoms with Crippen molar-refractivity contribution in [3.8, 4) is 0 Å². The van der Waals surface area contributed by atoms with Crippen molar-refractivity contribution in [2.24, 2.45) is 0 Å². The Morgan fingerprint density at radius 1 is 1.16 bits per heavy atom. The van der Waals surface area contributed by atoms with Gasteiger partial charge in [0.2, 0.25) is 0 Å². The van der Waals surface area contributed by atoms with Crippen LogP contribution >= 0.6 is 0 Å². The molecule has 0 radical (unpaired) electrons. The van der Waals surface area contributed by atoms with E-state index < -0.39 is 11.7 Å². The molecule has 0 atom stereocenters. The van der Waals surface area contributed by atoms with Crippen LogP contribution in [0.15, 0.2) is 41.0 Å². The van der Waals surface area contributed by atoms with Crippen LogP contribution in [0.1, 0.15) is 22.5 Å². The molecule has 1 aromatic carbocycles. The highest BCUT2D eigenvalue weighted by molar-refractivity contribution is 5.25. The zero-order valence-electron chi connectivity index (χ0n) is 10.4. The summed E-state index contributed by atoms with van der Waals surface area (Å²) in [5.74, 6) is 0.798. The number of aryl methyl sites for hydroxylation is 1. The van der Waals surface area contributed by atoms with Crippen molar-refractivity contribution in [1.82, 2.24) is 5.32 Å². The topological polar surface area (TPSA) is 25.2 Å². The zero-order valence-corrected chi connectivity index (χ0v) is 10.4. The van der Waals surface area contributed by atoms with Crippen LogP contribution in [0.2, 0.25) is 0 Å². The predicted molar refractivity (Wildman–Crippen MR) is 65.4 cm³/mol. The molecule has 2 nitrogen and oxygen atoms in total. The van der Waals surface area contributed by atoms with Gasteiger partial charge in [0.05, 0.1) is 18.4 Å². The fourth-order valence-corrected chi connectivity index (χ4v) is 1.76. The summed E-state index contributed by atoms with van der Waals surface area (Å²) in [5.41, 5.74) is 0.997. The fraction of sp³-hybridized carbons (Fsp3) is 0.286.